The van der Waals surface area contributed by atoms with Gasteiger partial charge in [-0.05, 0) is 72.9 Å². The lowest BCUT2D eigenvalue weighted by Crippen LogP contribution is -2.15. The number of aromatic nitrogens is 3. The molecule has 0 aliphatic carbocycles. The first-order valence-electron chi connectivity index (χ1n) is 11.2. The number of rotatable bonds is 7. The zero-order valence-electron chi connectivity index (χ0n) is 20.0. The van der Waals surface area contributed by atoms with Gasteiger partial charge in [0.25, 0.3) is 0 Å². The lowest BCUT2D eigenvalue weighted by molar-refractivity contribution is -0.113. The standard InChI is InChI=1S/C27H26Cl2N4OS/c1-16(2)21-7-5-6-8-24(21)33-26(22-10-9-19(28)14-23(22)29)31-32-27(33)35-15-25(34)30-20-12-17(3)11-18(4)13-20/h5-14,16H,15H2,1-4H3,(H,30,34). The third kappa shape index (κ3) is 5.89. The van der Waals surface area contributed by atoms with Gasteiger partial charge >= 0.3 is 0 Å². The highest BCUT2D eigenvalue weighted by atomic mass is 35.5. The molecule has 4 rings (SSSR count). The van der Waals surface area contributed by atoms with Gasteiger partial charge in [-0.15, -0.1) is 10.2 Å². The maximum Gasteiger partial charge on any atom is 0.234 e. The van der Waals surface area contributed by atoms with E-state index in [4.69, 9.17) is 23.2 Å². The second-order valence-corrected chi connectivity index (χ2v) is 10.5. The van der Waals surface area contributed by atoms with Crippen molar-refractivity contribution < 1.29 is 4.79 Å². The van der Waals surface area contributed by atoms with Crippen molar-refractivity contribution in [2.45, 2.75) is 38.8 Å². The SMILES string of the molecule is Cc1cc(C)cc(NC(=O)CSc2nnc(-c3ccc(Cl)cc3Cl)n2-c2ccccc2C(C)C)c1. The Morgan fingerprint density at radius 1 is 1.00 bits per heavy atom. The van der Waals surface area contributed by atoms with Crippen molar-refractivity contribution in [1.29, 1.82) is 0 Å². The van der Waals surface area contributed by atoms with Crippen LogP contribution in [0.4, 0.5) is 5.69 Å². The van der Waals surface area contributed by atoms with Gasteiger partial charge in [-0.2, -0.15) is 0 Å². The Morgan fingerprint density at radius 2 is 1.71 bits per heavy atom. The molecule has 0 fully saturated rings. The van der Waals surface area contributed by atoms with E-state index < -0.39 is 0 Å². The molecule has 1 aromatic heterocycles. The Morgan fingerprint density at radius 3 is 2.40 bits per heavy atom. The predicted octanol–water partition coefficient (Wildman–Crippen LogP) is 7.71. The Kier molecular flexibility index (Phi) is 7.85. The first-order valence-corrected chi connectivity index (χ1v) is 13.0. The highest BCUT2D eigenvalue weighted by Gasteiger charge is 2.21. The molecule has 0 aliphatic rings. The third-order valence-corrected chi connectivity index (χ3v) is 6.92. The minimum absolute atomic E-state index is 0.113. The fourth-order valence-corrected chi connectivity index (χ4v) is 5.22. The predicted molar refractivity (Wildman–Crippen MR) is 146 cm³/mol. The topological polar surface area (TPSA) is 59.8 Å². The highest BCUT2D eigenvalue weighted by molar-refractivity contribution is 7.99. The molecular formula is C27H26Cl2N4OS. The number of para-hydroxylation sites is 1. The molecular weight excluding hydrogens is 499 g/mol. The molecule has 180 valence electrons. The van der Waals surface area contributed by atoms with Gasteiger partial charge < -0.3 is 5.32 Å². The molecule has 4 aromatic rings. The minimum atomic E-state index is -0.113. The lowest BCUT2D eigenvalue weighted by Gasteiger charge is -2.17. The van der Waals surface area contributed by atoms with Crippen LogP contribution in [-0.4, -0.2) is 26.4 Å². The molecule has 8 heteroatoms. The molecule has 0 saturated carbocycles. The number of carbonyl (C=O) groups is 1. The summed E-state index contributed by atoms with van der Waals surface area (Å²) < 4.78 is 1.97. The highest BCUT2D eigenvalue weighted by Crippen LogP contribution is 2.35. The Hall–Kier alpha value is -2.80. The zero-order chi connectivity index (χ0) is 25.1. The summed E-state index contributed by atoms with van der Waals surface area (Å²) in [6.45, 7) is 8.30. The van der Waals surface area contributed by atoms with Crippen LogP contribution in [0.1, 0.15) is 36.5 Å². The van der Waals surface area contributed by atoms with Gasteiger partial charge in [0.1, 0.15) is 0 Å². The van der Waals surface area contributed by atoms with Crippen molar-refractivity contribution in [2.24, 2.45) is 0 Å². The van der Waals surface area contributed by atoms with Crippen LogP contribution in [0.25, 0.3) is 17.1 Å². The number of halogens is 2. The van der Waals surface area contributed by atoms with Crippen LogP contribution in [0.3, 0.4) is 0 Å². The number of anilines is 1. The molecule has 0 saturated heterocycles. The maximum absolute atomic E-state index is 12.8. The van der Waals surface area contributed by atoms with Crippen molar-refractivity contribution in [3.8, 4) is 17.1 Å². The number of hydrogen-bond acceptors (Lipinski definition) is 4. The summed E-state index contributed by atoms with van der Waals surface area (Å²) in [5, 5.41) is 13.5. The summed E-state index contributed by atoms with van der Waals surface area (Å²) in [7, 11) is 0. The van der Waals surface area contributed by atoms with Gasteiger partial charge in [0.15, 0.2) is 11.0 Å². The van der Waals surface area contributed by atoms with Crippen LogP contribution in [0.2, 0.25) is 10.0 Å². The average molecular weight is 526 g/mol. The second kappa shape index (κ2) is 10.9. The molecule has 35 heavy (non-hydrogen) atoms. The van der Waals surface area contributed by atoms with Gasteiger partial charge in [-0.1, -0.05) is 73.1 Å². The summed E-state index contributed by atoms with van der Waals surface area (Å²) >= 11 is 14.0. The summed E-state index contributed by atoms with van der Waals surface area (Å²) in [4.78, 5) is 12.8. The molecule has 1 heterocycles. The normalized spacial score (nSPS) is 11.2. The fourth-order valence-electron chi connectivity index (χ4n) is 3.98. The molecule has 0 radical (unpaired) electrons. The molecule has 1 amide bonds. The number of carbonyl (C=O) groups excluding carboxylic acids is 1. The van der Waals surface area contributed by atoms with Crippen molar-refractivity contribution in [3.05, 3.63) is 87.4 Å². The monoisotopic (exact) mass is 524 g/mol. The number of amides is 1. The smallest absolute Gasteiger partial charge is 0.234 e. The van der Waals surface area contributed by atoms with E-state index in [1.54, 1.807) is 12.1 Å². The fraction of sp³-hybridized carbons (Fsp3) is 0.222. The number of benzene rings is 3. The first kappa shape index (κ1) is 25.3. The third-order valence-electron chi connectivity index (χ3n) is 5.44. The lowest BCUT2D eigenvalue weighted by atomic mass is 10.0. The number of hydrogen-bond donors (Lipinski definition) is 1. The minimum Gasteiger partial charge on any atom is -0.325 e. The molecule has 0 unspecified atom stereocenters. The van der Waals surface area contributed by atoms with Gasteiger partial charge in [-0.25, -0.2) is 0 Å². The quantitative estimate of drug-likeness (QED) is 0.251. The zero-order valence-corrected chi connectivity index (χ0v) is 22.3. The van der Waals surface area contributed by atoms with Crippen LogP contribution < -0.4 is 5.32 Å². The Balaban J connectivity index is 1.70. The maximum atomic E-state index is 12.8. The summed E-state index contributed by atoms with van der Waals surface area (Å²) in [6.07, 6.45) is 0. The van der Waals surface area contributed by atoms with Crippen LogP contribution >= 0.6 is 35.0 Å². The molecule has 3 aromatic carbocycles. The van der Waals surface area contributed by atoms with Crippen molar-refractivity contribution >= 4 is 46.6 Å². The summed E-state index contributed by atoms with van der Waals surface area (Å²) in [6, 6.07) is 19.4. The van der Waals surface area contributed by atoms with E-state index in [1.165, 1.54) is 11.8 Å². The van der Waals surface area contributed by atoms with Crippen LogP contribution in [0, 0.1) is 13.8 Å². The van der Waals surface area contributed by atoms with Gasteiger partial charge in [0, 0.05) is 16.3 Å². The van der Waals surface area contributed by atoms with Crippen molar-refractivity contribution in [1.82, 2.24) is 14.8 Å². The van der Waals surface area contributed by atoms with Crippen LogP contribution in [-0.2, 0) is 4.79 Å². The molecule has 0 aliphatic heterocycles. The van der Waals surface area contributed by atoms with Gasteiger partial charge in [0.2, 0.25) is 5.91 Å². The van der Waals surface area contributed by atoms with E-state index in [0.29, 0.717) is 26.6 Å². The molecule has 5 nitrogen and oxygen atoms in total. The van der Waals surface area contributed by atoms with E-state index in [-0.39, 0.29) is 17.6 Å². The molecule has 1 N–H and O–H groups in total. The van der Waals surface area contributed by atoms with E-state index in [0.717, 1.165) is 28.1 Å². The average Bonchev–Trinajstić information content (AvgIpc) is 3.20. The Labute approximate surface area is 219 Å². The van der Waals surface area contributed by atoms with E-state index in [2.05, 4.69) is 41.5 Å². The Bertz CT molecular complexity index is 1360. The number of aryl methyl sites for hydroxylation is 2. The molecule has 0 atom stereocenters. The largest absolute Gasteiger partial charge is 0.325 e. The summed E-state index contributed by atoms with van der Waals surface area (Å²) in [5.41, 5.74) is 5.79. The van der Waals surface area contributed by atoms with Crippen LogP contribution in [0.15, 0.2) is 65.8 Å². The molecule has 0 spiro atoms. The van der Waals surface area contributed by atoms with E-state index in [1.807, 2.05) is 54.8 Å². The van der Waals surface area contributed by atoms with E-state index in [9.17, 15) is 4.79 Å². The first-order chi connectivity index (χ1) is 16.7. The summed E-state index contributed by atoms with van der Waals surface area (Å²) in [5.74, 6) is 0.936. The number of thioether (sulfide) groups is 1. The van der Waals surface area contributed by atoms with Crippen molar-refractivity contribution in [3.63, 3.8) is 0 Å². The number of nitrogens with one attached hydrogen (secondary N) is 1. The number of nitrogens with zero attached hydrogens (tertiary/aromatic N) is 3. The van der Waals surface area contributed by atoms with Crippen molar-refractivity contribution in [2.75, 3.05) is 11.1 Å². The van der Waals surface area contributed by atoms with Gasteiger partial charge in [0.05, 0.1) is 16.5 Å². The molecule has 0 bridgehead atoms. The van der Waals surface area contributed by atoms with Gasteiger partial charge in [-0.3, -0.25) is 9.36 Å². The van der Waals surface area contributed by atoms with E-state index >= 15 is 0 Å². The van der Waals surface area contributed by atoms with Crippen LogP contribution in [0.5, 0.6) is 0 Å². The second-order valence-electron chi connectivity index (χ2n) is 8.69.